The molecule has 1 aromatic carbocycles. The molecule has 8 nitrogen and oxygen atoms in total. The first-order chi connectivity index (χ1) is 29.0. The Bertz CT molecular complexity index is 1520. The van der Waals surface area contributed by atoms with Gasteiger partial charge in [0.05, 0.1) is 32.4 Å². The number of aryl methyl sites for hydroxylation is 1. The fraction of sp³-hybridized carbons (Fsp3) is 0.635. The van der Waals surface area contributed by atoms with Crippen LogP contribution in [0.25, 0.3) is 10.9 Å². The molecule has 1 aromatic heterocycles. The van der Waals surface area contributed by atoms with Gasteiger partial charge in [-0.25, -0.2) is 0 Å². The summed E-state index contributed by atoms with van der Waals surface area (Å²) >= 11 is 5.86. The number of rotatable bonds is 12. The van der Waals surface area contributed by atoms with Crippen molar-refractivity contribution in [3.8, 4) is 24.3 Å². The number of carbonyl (C=O) groups excluding carboxylic acids is 2. The summed E-state index contributed by atoms with van der Waals surface area (Å²) < 4.78 is 16.5. The lowest BCUT2D eigenvalue weighted by Gasteiger charge is -2.41. The quantitative estimate of drug-likeness (QED) is 0.130. The summed E-state index contributed by atoms with van der Waals surface area (Å²) in [6.45, 7) is 38.7. The molecular weight excluding hydrogens is 782 g/mol. The number of nitrogens with one attached hydrogen (secondary N) is 1. The second-order valence-electron chi connectivity index (χ2n) is 15.0. The van der Waals surface area contributed by atoms with Gasteiger partial charge >= 0.3 is 0 Å². The molecule has 0 spiro atoms. The van der Waals surface area contributed by atoms with Crippen LogP contribution in [0.4, 0.5) is 0 Å². The Balaban J connectivity index is -0.000000413. The lowest BCUT2D eigenvalue weighted by molar-refractivity contribution is -0.133. The highest BCUT2D eigenvalue weighted by Gasteiger charge is 2.32. The van der Waals surface area contributed by atoms with Crippen LogP contribution >= 0.6 is 11.6 Å². The Labute approximate surface area is 380 Å². The summed E-state index contributed by atoms with van der Waals surface area (Å²) in [7, 11) is 3.24. The number of aromatic nitrogens is 1. The van der Waals surface area contributed by atoms with Crippen LogP contribution in [-0.2, 0) is 14.3 Å². The molecule has 2 fully saturated rings. The Morgan fingerprint density at radius 3 is 1.85 bits per heavy atom. The van der Waals surface area contributed by atoms with Crippen LogP contribution in [0.2, 0.25) is 0 Å². The molecule has 350 valence electrons. The number of likely N-dealkylation sites (tertiary alicyclic amines) is 1. The molecule has 2 aliphatic heterocycles. The molecular formula is C52H90ClN3O5. The van der Waals surface area contributed by atoms with Crippen molar-refractivity contribution in [2.24, 2.45) is 10.8 Å². The van der Waals surface area contributed by atoms with Gasteiger partial charge in [-0.1, -0.05) is 125 Å². The van der Waals surface area contributed by atoms with E-state index < -0.39 is 0 Å². The SMILES string of the molecule is C#C.C=C(C)/C=C(Cl)\C(C)=C/C.CC.CC.CCC1(C)COC1.CCC1(CC)CCN(C(=O)CCCOc2cc3nccc(C)c3cc2OC)CC1.CCCC.CNC(C)=O. The van der Waals surface area contributed by atoms with E-state index in [1.807, 2.05) is 83.7 Å². The monoisotopic (exact) mass is 872 g/mol. The van der Waals surface area contributed by atoms with Crippen LogP contribution in [0, 0.1) is 30.6 Å². The topological polar surface area (TPSA) is 90.0 Å². The molecule has 0 bridgehead atoms. The molecule has 1 N–H and O–H groups in total. The number of fused-ring (bicyclic) bond motifs is 1. The summed E-state index contributed by atoms with van der Waals surface area (Å²) in [5, 5.41) is 4.22. The van der Waals surface area contributed by atoms with Gasteiger partial charge in [0.15, 0.2) is 11.5 Å². The number of hydrogen-bond donors (Lipinski definition) is 1. The lowest BCUT2D eigenvalue weighted by Crippen LogP contribution is -2.42. The fourth-order valence-electron chi connectivity index (χ4n) is 5.44. The van der Waals surface area contributed by atoms with Crippen LogP contribution < -0.4 is 14.8 Å². The molecule has 0 atom stereocenters. The predicted molar refractivity (Wildman–Crippen MR) is 267 cm³/mol. The molecule has 2 saturated heterocycles. The molecule has 0 saturated carbocycles. The van der Waals surface area contributed by atoms with Gasteiger partial charge in [-0.3, -0.25) is 14.6 Å². The largest absolute Gasteiger partial charge is 0.493 e. The first kappa shape index (κ1) is 63.8. The molecule has 2 amide bonds. The van der Waals surface area contributed by atoms with E-state index in [2.05, 4.69) is 78.2 Å². The van der Waals surface area contributed by atoms with Crippen molar-refractivity contribution in [3.63, 3.8) is 0 Å². The number of methoxy groups -OCH3 is 1. The Kier molecular flexibility index (Phi) is 40.9. The number of terminal acetylenes is 1. The molecule has 2 aromatic rings. The molecule has 3 heterocycles. The summed E-state index contributed by atoms with van der Waals surface area (Å²) in [6.07, 6.45) is 23.4. The average molecular weight is 873 g/mol. The van der Waals surface area contributed by atoms with E-state index in [1.165, 1.54) is 39.0 Å². The minimum absolute atomic E-state index is 0.00463. The van der Waals surface area contributed by atoms with Crippen molar-refractivity contribution in [2.45, 2.75) is 162 Å². The predicted octanol–water partition coefficient (Wildman–Crippen LogP) is 14.1. The number of benzene rings is 1. The number of unbranched alkanes of at least 4 members (excludes halogenated alkanes) is 1. The number of amides is 2. The third-order valence-electron chi connectivity index (χ3n) is 10.5. The van der Waals surface area contributed by atoms with Crippen LogP contribution in [0.1, 0.15) is 160 Å². The van der Waals surface area contributed by atoms with Crippen LogP contribution in [-0.4, -0.2) is 68.8 Å². The van der Waals surface area contributed by atoms with Gasteiger partial charge in [0, 0.05) is 61.6 Å². The lowest BCUT2D eigenvalue weighted by atomic mass is 9.74. The number of pyridine rings is 1. The van der Waals surface area contributed by atoms with Crippen molar-refractivity contribution in [1.29, 1.82) is 0 Å². The zero-order valence-electron chi connectivity index (χ0n) is 42.0. The van der Waals surface area contributed by atoms with Crippen molar-refractivity contribution in [3.05, 3.63) is 64.9 Å². The van der Waals surface area contributed by atoms with Gasteiger partial charge in [0.2, 0.25) is 11.8 Å². The normalized spacial score (nSPS) is 14.2. The Morgan fingerprint density at radius 2 is 1.49 bits per heavy atom. The van der Waals surface area contributed by atoms with Crippen molar-refractivity contribution >= 4 is 34.3 Å². The van der Waals surface area contributed by atoms with Crippen molar-refractivity contribution < 1.29 is 23.8 Å². The number of piperidine rings is 1. The van der Waals surface area contributed by atoms with Gasteiger partial charge in [-0.15, -0.1) is 12.8 Å². The standard InChI is InChI=1S/C24H34N2O3.C9H13Cl.C6H12O.C4H10.C3H7NO.2C2H6.C2H2/c1-5-24(6-2)10-13-26(14-11-24)23(27)8-7-15-29-22-17-20-19(16-21(22)28-4)18(3)9-12-25-20;1-5-8(4)9(10)6-7(2)3;1-3-6(2)4-7-5-6;1-3-4-2;1-3(5)4-2;3*1-2/h9,12,16-17H,5-8,10-11,13-15H2,1-4H3;5-6H,2H2,1,3-4H3;3-5H2,1-2H3;3-4H2,1-2H3;1-2H3,(H,4,5);2*1-2H3;1-2H/b;8-5-,9-6+;;;;;;. The van der Waals surface area contributed by atoms with E-state index in [0.29, 0.717) is 41.8 Å². The minimum Gasteiger partial charge on any atom is -0.493 e. The molecule has 4 rings (SSSR count). The van der Waals surface area contributed by atoms with Crippen molar-refractivity contribution in [2.75, 3.05) is 47.1 Å². The zero-order valence-corrected chi connectivity index (χ0v) is 42.8. The number of ether oxygens (including phenoxy) is 3. The average Bonchev–Trinajstić information content (AvgIpc) is 3.29. The van der Waals surface area contributed by atoms with Crippen LogP contribution in [0.5, 0.6) is 11.5 Å². The second kappa shape index (κ2) is 39.1. The summed E-state index contributed by atoms with van der Waals surface area (Å²) in [5.74, 6) is 1.63. The second-order valence-corrected chi connectivity index (χ2v) is 15.4. The maximum atomic E-state index is 12.6. The number of allylic oxidation sites excluding steroid dienone is 5. The summed E-state index contributed by atoms with van der Waals surface area (Å²) in [4.78, 5) is 28.7. The molecule has 61 heavy (non-hydrogen) atoms. The maximum Gasteiger partial charge on any atom is 0.222 e. The third-order valence-corrected chi connectivity index (χ3v) is 10.9. The highest BCUT2D eigenvalue weighted by Crippen LogP contribution is 2.38. The number of hydrogen-bond acceptors (Lipinski definition) is 6. The number of halogens is 1. The first-order valence-corrected chi connectivity index (χ1v) is 23.0. The smallest absolute Gasteiger partial charge is 0.222 e. The number of nitrogens with zero attached hydrogens (tertiary/aromatic N) is 2. The van der Waals surface area contributed by atoms with Gasteiger partial charge in [-0.05, 0) is 88.1 Å². The van der Waals surface area contributed by atoms with E-state index in [-0.39, 0.29) is 11.8 Å². The highest BCUT2D eigenvalue weighted by molar-refractivity contribution is 6.32. The molecule has 2 aliphatic rings. The Morgan fingerprint density at radius 1 is 0.967 bits per heavy atom. The molecule has 0 unspecified atom stereocenters. The van der Waals surface area contributed by atoms with Gasteiger partial charge < -0.3 is 24.4 Å². The van der Waals surface area contributed by atoms with E-state index >= 15 is 0 Å². The van der Waals surface area contributed by atoms with Crippen LogP contribution in [0.15, 0.2) is 59.3 Å². The maximum absolute atomic E-state index is 12.6. The molecule has 9 heteroatoms. The molecule has 0 radical (unpaired) electrons. The number of carbonyl (C=O) groups is 2. The summed E-state index contributed by atoms with van der Waals surface area (Å²) in [6, 6.07) is 5.88. The van der Waals surface area contributed by atoms with Crippen LogP contribution in [0.3, 0.4) is 0 Å². The highest BCUT2D eigenvalue weighted by atomic mass is 35.5. The van der Waals surface area contributed by atoms with E-state index in [4.69, 9.17) is 25.8 Å². The van der Waals surface area contributed by atoms with E-state index in [1.54, 1.807) is 20.4 Å². The summed E-state index contributed by atoms with van der Waals surface area (Å²) in [5.41, 5.74) is 5.09. The first-order valence-electron chi connectivity index (χ1n) is 22.6. The minimum atomic E-state index is 0.00463. The van der Waals surface area contributed by atoms with E-state index in [9.17, 15) is 9.59 Å². The van der Waals surface area contributed by atoms with Gasteiger partial charge in [0.1, 0.15) is 0 Å². The van der Waals surface area contributed by atoms with Crippen molar-refractivity contribution in [1.82, 2.24) is 15.2 Å². The van der Waals surface area contributed by atoms with Gasteiger partial charge in [0.25, 0.3) is 0 Å². The zero-order chi connectivity index (χ0) is 48.0. The van der Waals surface area contributed by atoms with Gasteiger partial charge in [-0.2, -0.15) is 0 Å². The fourth-order valence-corrected chi connectivity index (χ4v) is 5.73. The van der Waals surface area contributed by atoms with E-state index in [0.717, 1.165) is 71.8 Å². The molecule has 0 aliphatic carbocycles. The third kappa shape index (κ3) is 27.7. The Hall–Kier alpha value is -3.80.